The number of amides is 1. The lowest BCUT2D eigenvalue weighted by Crippen LogP contribution is -2.48. The van der Waals surface area contributed by atoms with Crippen LogP contribution in [0.3, 0.4) is 0 Å². The van der Waals surface area contributed by atoms with Gasteiger partial charge in [0, 0.05) is 54.7 Å². The van der Waals surface area contributed by atoms with Gasteiger partial charge in [0.15, 0.2) is 0 Å². The van der Waals surface area contributed by atoms with Gasteiger partial charge in [-0.05, 0) is 36.3 Å². The zero-order valence-corrected chi connectivity index (χ0v) is 19.8. The van der Waals surface area contributed by atoms with Gasteiger partial charge < -0.3 is 9.88 Å². The molecule has 0 spiro atoms. The highest BCUT2D eigenvalue weighted by Gasteiger charge is 2.22. The molecule has 5 rings (SSSR count). The molecular formula is C22H26N4O2S3. The normalized spacial score (nSPS) is 16.8. The maximum atomic E-state index is 12.6. The molecule has 3 aromatic heterocycles. The number of nitrogens with one attached hydrogen (secondary N) is 1. The van der Waals surface area contributed by atoms with Crippen LogP contribution in [0.5, 0.6) is 0 Å². The summed E-state index contributed by atoms with van der Waals surface area (Å²) in [7, 11) is 0. The zero-order valence-electron chi connectivity index (χ0n) is 17.4. The number of rotatable bonds is 7. The monoisotopic (exact) mass is 474 g/mol. The Morgan fingerprint density at radius 1 is 1.23 bits per heavy atom. The number of piperazine rings is 1. The van der Waals surface area contributed by atoms with Crippen LogP contribution in [0.4, 0.5) is 0 Å². The smallest absolute Gasteiger partial charge is 0.259 e. The van der Waals surface area contributed by atoms with Crippen molar-refractivity contribution in [2.75, 3.05) is 31.9 Å². The molecular weight excluding hydrogens is 448 g/mol. The van der Waals surface area contributed by atoms with E-state index in [1.807, 2.05) is 4.90 Å². The highest BCUT2D eigenvalue weighted by molar-refractivity contribution is 7.98. The lowest BCUT2D eigenvalue weighted by atomic mass is 10.2. The summed E-state index contributed by atoms with van der Waals surface area (Å²) in [5.41, 5.74) is 1.21. The molecule has 4 heterocycles. The minimum absolute atomic E-state index is 0.00324. The van der Waals surface area contributed by atoms with Crippen molar-refractivity contribution < 1.29 is 4.79 Å². The number of aromatic nitrogens is 2. The molecule has 6 nitrogen and oxygen atoms in total. The van der Waals surface area contributed by atoms with E-state index in [0.717, 1.165) is 73.8 Å². The van der Waals surface area contributed by atoms with Crippen LogP contribution in [-0.4, -0.2) is 57.6 Å². The fourth-order valence-electron chi connectivity index (χ4n) is 4.38. The summed E-state index contributed by atoms with van der Waals surface area (Å²) < 4.78 is 0. The first-order valence-corrected chi connectivity index (χ1v) is 13.7. The Morgan fingerprint density at radius 2 is 2.10 bits per heavy atom. The number of thioether (sulfide) groups is 1. The van der Waals surface area contributed by atoms with Crippen LogP contribution in [0.1, 0.15) is 34.0 Å². The maximum absolute atomic E-state index is 12.6. The Labute approximate surface area is 193 Å². The van der Waals surface area contributed by atoms with Gasteiger partial charge in [0.05, 0.1) is 11.1 Å². The molecule has 1 N–H and O–H groups in total. The lowest BCUT2D eigenvalue weighted by molar-refractivity contribution is -0.132. The van der Waals surface area contributed by atoms with Gasteiger partial charge in [-0.2, -0.15) is 11.8 Å². The van der Waals surface area contributed by atoms with E-state index >= 15 is 0 Å². The van der Waals surface area contributed by atoms with Crippen molar-refractivity contribution in [1.29, 1.82) is 0 Å². The van der Waals surface area contributed by atoms with Gasteiger partial charge in [0.2, 0.25) is 5.91 Å². The first-order valence-electron chi connectivity index (χ1n) is 10.8. The van der Waals surface area contributed by atoms with Crippen molar-refractivity contribution in [3.8, 4) is 0 Å². The fourth-order valence-corrected chi connectivity index (χ4v) is 7.20. The third-order valence-electron chi connectivity index (χ3n) is 6.01. The standard InChI is InChI=1S/C22H26N4O2S3/c27-19(26-9-7-25(8-10-26)13-15-3-2-11-30-15)6-12-29-14-18-23-21(28)20-16-4-1-5-17(16)31-22(20)24-18/h2-3,11H,1,4-10,12-14H2,(H,23,24,28). The fraction of sp³-hybridized carbons (Fsp3) is 0.500. The molecule has 31 heavy (non-hydrogen) atoms. The number of thiophene rings is 2. The van der Waals surface area contributed by atoms with Gasteiger partial charge in [-0.3, -0.25) is 14.5 Å². The number of hydrogen-bond acceptors (Lipinski definition) is 7. The quantitative estimate of drug-likeness (QED) is 0.531. The summed E-state index contributed by atoms with van der Waals surface area (Å²) in [4.78, 5) is 40.7. The van der Waals surface area contributed by atoms with E-state index in [4.69, 9.17) is 0 Å². The number of aromatic amines is 1. The van der Waals surface area contributed by atoms with Crippen LogP contribution in [0.2, 0.25) is 0 Å². The second kappa shape index (κ2) is 9.44. The molecule has 164 valence electrons. The van der Waals surface area contributed by atoms with Gasteiger partial charge in [-0.15, -0.1) is 22.7 Å². The number of H-pyrrole nitrogens is 1. The zero-order chi connectivity index (χ0) is 21.2. The Kier molecular flexibility index (Phi) is 6.45. The van der Waals surface area contributed by atoms with Crippen LogP contribution in [0.25, 0.3) is 10.2 Å². The third-order valence-corrected chi connectivity index (χ3v) is 9.02. The number of aryl methyl sites for hydroxylation is 2. The predicted molar refractivity (Wildman–Crippen MR) is 129 cm³/mol. The van der Waals surface area contributed by atoms with E-state index in [0.29, 0.717) is 12.2 Å². The highest BCUT2D eigenvalue weighted by atomic mass is 32.2. The second-order valence-electron chi connectivity index (χ2n) is 8.09. The van der Waals surface area contributed by atoms with Crippen molar-refractivity contribution in [3.63, 3.8) is 0 Å². The van der Waals surface area contributed by atoms with Crippen molar-refractivity contribution in [2.45, 2.75) is 38.0 Å². The molecule has 0 aromatic carbocycles. The number of carbonyl (C=O) groups is 1. The largest absolute Gasteiger partial charge is 0.340 e. The van der Waals surface area contributed by atoms with Crippen molar-refractivity contribution in [2.24, 2.45) is 0 Å². The van der Waals surface area contributed by atoms with E-state index < -0.39 is 0 Å². The summed E-state index contributed by atoms with van der Waals surface area (Å²) in [6, 6.07) is 4.26. The molecule has 9 heteroatoms. The minimum atomic E-state index is -0.00324. The molecule has 0 radical (unpaired) electrons. The van der Waals surface area contributed by atoms with E-state index in [9.17, 15) is 9.59 Å². The Morgan fingerprint density at radius 3 is 2.90 bits per heavy atom. The van der Waals surface area contributed by atoms with E-state index in [-0.39, 0.29) is 11.5 Å². The van der Waals surface area contributed by atoms with Gasteiger partial charge in [-0.1, -0.05) is 6.07 Å². The molecule has 0 saturated carbocycles. The van der Waals surface area contributed by atoms with Crippen LogP contribution >= 0.6 is 34.4 Å². The summed E-state index contributed by atoms with van der Waals surface area (Å²) >= 11 is 5.13. The van der Waals surface area contributed by atoms with Crippen LogP contribution in [-0.2, 0) is 29.9 Å². The molecule has 1 amide bonds. The molecule has 0 atom stereocenters. The average Bonchev–Trinajstić information content (AvgIpc) is 3.49. The maximum Gasteiger partial charge on any atom is 0.259 e. The van der Waals surface area contributed by atoms with E-state index in [1.54, 1.807) is 34.4 Å². The molecule has 1 aliphatic heterocycles. The van der Waals surface area contributed by atoms with Gasteiger partial charge >= 0.3 is 0 Å². The van der Waals surface area contributed by atoms with Crippen molar-refractivity contribution in [3.05, 3.63) is 49.0 Å². The second-order valence-corrected chi connectivity index (χ2v) is 11.3. The third kappa shape index (κ3) is 4.74. The minimum Gasteiger partial charge on any atom is -0.340 e. The van der Waals surface area contributed by atoms with Crippen molar-refractivity contribution in [1.82, 2.24) is 19.8 Å². The van der Waals surface area contributed by atoms with Gasteiger partial charge in [0.1, 0.15) is 10.7 Å². The number of fused-ring (bicyclic) bond motifs is 3. The highest BCUT2D eigenvalue weighted by Crippen LogP contribution is 2.34. The summed E-state index contributed by atoms with van der Waals surface area (Å²) in [6.45, 7) is 4.48. The number of carbonyl (C=O) groups excluding carboxylic acids is 1. The lowest BCUT2D eigenvalue weighted by Gasteiger charge is -2.34. The topological polar surface area (TPSA) is 69.3 Å². The van der Waals surface area contributed by atoms with Gasteiger partial charge in [-0.25, -0.2) is 4.98 Å². The molecule has 1 aliphatic carbocycles. The predicted octanol–water partition coefficient (Wildman–Crippen LogP) is 3.50. The van der Waals surface area contributed by atoms with E-state index in [2.05, 4.69) is 32.4 Å². The first kappa shape index (κ1) is 21.2. The molecule has 1 saturated heterocycles. The molecule has 1 fully saturated rings. The summed E-state index contributed by atoms with van der Waals surface area (Å²) in [5, 5.41) is 2.92. The molecule has 0 unspecified atom stereocenters. The Hall–Kier alpha value is -1.68. The summed E-state index contributed by atoms with van der Waals surface area (Å²) in [5.74, 6) is 2.33. The first-order chi connectivity index (χ1) is 15.2. The van der Waals surface area contributed by atoms with Gasteiger partial charge in [0.25, 0.3) is 5.56 Å². The van der Waals surface area contributed by atoms with Crippen LogP contribution < -0.4 is 5.56 Å². The van der Waals surface area contributed by atoms with Crippen LogP contribution in [0, 0.1) is 0 Å². The Bertz CT molecular complexity index is 1110. The number of nitrogens with zero attached hydrogens (tertiary/aromatic N) is 3. The average molecular weight is 475 g/mol. The SMILES string of the molecule is O=C(CCSCc1nc2sc3c(c2c(=O)[nH]1)CCC3)N1CCN(Cc2cccs2)CC1. The molecule has 3 aromatic rings. The van der Waals surface area contributed by atoms with Crippen molar-refractivity contribution >= 4 is 50.6 Å². The summed E-state index contributed by atoms with van der Waals surface area (Å²) in [6.07, 6.45) is 3.75. The number of hydrogen-bond donors (Lipinski definition) is 1. The Balaban J connectivity index is 1.07. The van der Waals surface area contributed by atoms with Crippen LogP contribution in [0.15, 0.2) is 22.3 Å². The molecule has 2 aliphatic rings. The molecule has 0 bridgehead atoms. The van der Waals surface area contributed by atoms with E-state index in [1.165, 1.54) is 15.3 Å².